The first-order chi connectivity index (χ1) is 14.5. The Morgan fingerprint density at radius 3 is 2.57 bits per heavy atom. The molecule has 0 bridgehead atoms. The van der Waals surface area contributed by atoms with Gasteiger partial charge in [0.2, 0.25) is 0 Å². The first kappa shape index (κ1) is 19.3. The molecule has 2 aromatic rings. The second kappa shape index (κ2) is 7.23. The molecule has 0 spiro atoms. The number of benzene rings is 1. The molecule has 1 fully saturated rings. The molecule has 3 atom stereocenters. The number of ketones is 1. The summed E-state index contributed by atoms with van der Waals surface area (Å²) >= 11 is 0. The van der Waals surface area contributed by atoms with Gasteiger partial charge in [0.1, 0.15) is 6.07 Å². The first-order valence-corrected chi connectivity index (χ1v) is 11.4. The Morgan fingerprint density at radius 1 is 1.13 bits per heavy atom. The number of hydrogen-bond donors (Lipinski definition) is 0. The minimum atomic E-state index is -0.330. The molecule has 0 unspecified atom stereocenters. The van der Waals surface area contributed by atoms with E-state index in [9.17, 15) is 10.1 Å². The van der Waals surface area contributed by atoms with Crippen LogP contribution in [0.15, 0.2) is 42.0 Å². The molecule has 30 heavy (non-hydrogen) atoms. The molecule has 4 nitrogen and oxygen atoms in total. The summed E-state index contributed by atoms with van der Waals surface area (Å²) in [6.07, 6.45) is 9.99. The molecule has 154 valence electrons. The summed E-state index contributed by atoms with van der Waals surface area (Å²) in [4.78, 5) is 12.8. The summed E-state index contributed by atoms with van der Waals surface area (Å²) < 4.78 is 2.32. The quantitative estimate of drug-likeness (QED) is 0.666. The molecule has 5 rings (SSSR count). The Labute approximate surface area is 178 Å². The number of allylic oxidation sites excluding steroid dienone is 2. The van der Waals surface area contributed by atoms with Crippen molar-refractivity contribution < 1.29 is 4.79 Å². The predicted octanol–water partition coefficient (Wildman–Crippen LogP) is 5.54. The third kappa shape index (κ3) is 2.79. The number of Topliss-reactive ketones (excluding diaryl/α,β-unsaturated/α-hetero) is 1. The number of fused-ring (bicyclic) bond motifs is 3. The van der Waals surface area contributed by atoms with Crippen molar-refractivity contribution in [1.29, 1.82) is 5.26 Å². The van der Waals surface area contributed by atoms with E-state index in [-0.39, 0.29) is 23.0 Å². The predicted molar refractivity (Wildman–Crippen MR) is 117 cm³/mol. The van der Waals surface area contributed by atoms with Crippen molar-refractivity contribution in [2.45, 2.75) is 70.3 Å². The van der Waals surface area contributed by atoms with Crippen LogP contribution in [0.2, 0.25) is 0 Å². The SMILES string of the molecule is C[C@H]1C(=O)C(C#N)=C[C@@]2(C)c3c(c(-c4ccccc4)nn3C3CCCCC3)CC[C@H]12. The zero-order valence-electron chi connectivity index (χ0n) is 17.9. The molecule has 1 aromatic carbocycles. The second-order valence-electron chi connectivity index (χ2n) is 9.53. The van der Waals surface area contributed by atoms with Crippen LogP contribution in [0.4, 0.5) is 0 Å². The number of rotatable bonds is 2. The third-order valence-corrected chi connectivity index (χ3v) is 7.81. The lowest BCUT2D eigenvalue weighted by atomic mass is 9.57. The summed E-state index contributed by atoms with van der Waals surface area (Å²) in [5.74, 6) is 0.102. The molecule has 3 aliphatic rings. The summed E-state index contributed by atoms with van der Waals surface area (Å²) in [5.41, 5.74) is 4.83. The zero-order valence-corrected chi connectivity index (χ0v) is 17.9. The summed E-state index contributed by atoms with van der Waals surface area (Å²) in [5, 5.41) is 14.9. The number of hydrogen-bond acceptors (Lipinski definition) is 3. The summed E-state index contributed by atoms with van der Waals surface area (Å²) in [7, 11) is 0. The Morgan fingerprint density at radius 2 is 1.87 bits per heavy atom. The number of nitriles is 1. The summed E-state index contributed by atoms with van der Waals surface area (Å²) in [6, 6.07) is 13.1. The molecule has 3 aliphatic carbocycles. The van der Waals surface area contributed by atoms with E-state index >= 15 is 0 Å². The average molecular weight is 400 g/mol. The van der Waals surface area contributed by atoms with Crippen molar-refractivity contribution in [2.75, 3.05) is 0 Å². The lowest BCUT2D eigenvalue weighted by Gasteiger charge is -2.46. The fraction of sp³-hybridized carbons (Fsp3) is 0.500. The number of carbonyl (C=O) groups is 1. The third-order valence-electron chi connectivity index (χ3n) is 7.81. The van der Waals surface area contributed by atoms with Gasteiger partial charge in [0, 0.05) is 22.5 Å². The van der Waals surface area contributed by atoms with Crippen molar-refractivity contribution in [1.82, 2.24) is 9.78 Å². The van der Waals surface area contributed by atoms with Crippen molar-refractivity contribution in [3.8, 4) is 17.3 Å². The van der Waals surface area contributed by atoms with Crippen LogP contribution < -0.4 is 0 Å². The first-order valence-electron chi connectivity index (χ1n) is 11.4. The lowest BCUT2D eigenvalue weighted by Crippen LogP contribution is -2.46. The fourth-order valence-electron chi connectivity index (χ4n) is 6.30. The highest BCUT2D eigenvalue weighted by atomic mass is 16.1. The molecule has 0 amide bonds. The molecule has 1 saturated carbocycles. The number of nitrogens with zero attached hydrogens (tertiary/aromatic N) is 3. The maximum absolute atomic E-state index is 12.8. The zero-order chi connectivity index (χ0) is 20.9. The Kier molecular flexibility index (Phi) is 4.65. The van der Waals surface area contributed by atoms with Crippen molar-refractivity contribution in [3.63, 3.8) is 0 Å². The van der Waals surface area contributed by atoms with E-state index in [1.807, 2.05) is 19.1 Å². The van der Waals surface area contributed by atoms with E-state index in [0.29, 0.717) is 11.6 Å². The Balaban J connectivity index is 1.75. The molecule has 4 heteroatoms. The molecular formula is C26H29N3O. The van der Waals surface area contributed by atoms with Crippen molar-refractivity contribution >= 4 is 5.78 Å². The molecule has 1 heterocycles. The van der Waals surface area contributed by atoms with Gasteiger partial charge in [-0.25, -0.2) is 0 Å². The van der Waals surface area contributed by atoms with Crippen LogP contribution in [0.25, 0.3) is 11.3 Å². The smallest absolute Gasteiger partial charge is 0.176 e. The van der Waals surface area contributed by atoms with Crippen LogP contribution in [0.5, 0.6) is 0 Å². The van der Waals surface area contributed by atoms with Gasteiger partial charge in [0.25, 0.3) is 0 Å². The van der Waals surface area contributed by atoms with Gasteiger partial charge in [-0.15, -0.1) is 0 Å². The molecule has 0 N–H and O–H groups in total. The fourth-order valence-corrected chi connectivity index (χ4v) is 6.30. The van der Waals surface area contributed by atoms with Gasteiger partial charge < -0.3 is 0 Å². The van der Waals surface area contributed by atoms with Gasteiger partial charge in [-0.1, -0.05) is 69.5 Å². The largest absolute Gasteiger partial charge is 0.293 e. The second-order valence-corrected chi connectivity index (χ2v) is 9.53. The van der Waals surface area contributed by atoms with E-state index in [4.69, 9.17) is 5.10 Å². The van der Waals surface area contributed by atoms with Gasteiger partial charge in [-0.2, -0.15) is 10.4 Å². The van der Waals surface area contributed by atoms with E-state index in [0.717, 1.165) is 36.9 Å². The van der Waals surface area contributed by atoms with Crippen molar-refractivity contribution in [2.24, 2.45) is 11.8 Å². The van der Waals surface area contributed by atoms with Crippen LogP contribution in [0, 0.1) is 23.2 Å². The van der Waals surface area contributed by atoms with Crippen LogP contribution in [0.3, 0.4) is 0 Å². The normalized spacial score (nSPS) is 29.0. The summed E-state index contributed by atoms with van der Waals surface area (Å²) in [6.45, 7) is 4.26. The Bertz CT molecular complexity index is 1050. The highest BCUT2D eigenvalue weighted by Crippen LogP contribution is 2.52. The molecule has 1 aromatic heterocycles. The number of aromatic nitrogens is 2. The van der Waals surface area contributed by atoms with Crippen LogP contribution >= 0.6 is 0 Å². The van der Waals surface area contributed by atoms with Crippen LogP contribution in [-0.4, -0.2) is 15.6 Å². The van der Waals surface area contributed by atoms with Gasteiger partial charge in [-0.05, 0) is 31.6 Å². The average Bonchev–Trinajstić information content (AvgIpc) is 3.19. The highest BCUT2D eigenvalue weighted by Gasteiger charge is 2.51. The maximum Gasteiger partial charge on any atom is 0.176 e. The standard InChI is InChI=1S/C26H29N3O/c1-17-22-14-13-21-23(18-9-5-3-6-10-18)28-29(20-11-7-4-8-12-20)25(21)26(22,2)15-19(16-27)24(17)30/h3,5-6,9-10,15,17,20,22H,4,7-8,11-14H2,1-2H3/t17-,22-,26-/m1/s1. The minimum absolute atomic E-state index is 0.00967. The van der Waals surface area contributed by atoms with Gasteiger partial charge >= 0.3 is 0 Å². The van der Waals surface area contributed by atoms with Crippen LogP contribution in [0.1, 0.15) is 69.7 Å². The van der Waals surface area contributed by atoms with E-state index in [1.54, 1.807) is 0 Å². The Hall–Kier alpha value is -2.67. The van der Waals surface area contributed by atoms with Gasteiger partial charge in [0.05, 0.1) is 23.0 Å². The molecule has 0 radical (unpaired) electrons. The van der Waals surface area contributed by atoms with Gasteiger partial charge in [0.15, 0.2) is 5.78 Å². The van der Waals surface area contributed by atoms with Crippen LogP contribution in [-0.2, 0) is 16.6 Å². The molecular weight excluding hydrogens is 370 g/mol. The van der Waals surface area contributed by atoms with E-state index in [1.165, 1.54) is 30.5 Å². The van der Waals surface area contributed by atoms with Crippen molar-refractivity contribution in [3.05, 3.63) is 53.2 Å². The molecule has 0 saturated heterocycles. The topological polar surface area (TPSA) is 58.7 Å². The lowest BCUT2D eigenvalue weighted by molar-refractivity contribution is -0.121. The van der Waals surface area contributed by atoms with E-state index in [2.05, 4.69) is 41.9 Å². The monoisotopic (exact) mass is 399 g/mol. The minimum Gasteiger partial charge on any atom is -0.293 e. The van der Waals surface area contributed by atoms with E-state index < -0.39 is 0 Å². The maximum atomic E-state index is 12.8. The molecule has 0 aliphatic heterocycles. The highest BCUT2D eigenvalue weighted by molar-refractivity contribution is 6.02. The number of carbonyl (C=O) groups excluding carboxylic acids is 1. The van der Waals surface area contributed by atoms with Gasteiger partial charge in [-0.3, -0.25) is 9.48 Å².